The van der Waals surface area contributed by atoms with Gasteiger partial charge in [0.15, 0.2) is 0 Å². The molecule has 1 aromatic heterocycles. The topological polar surface area (TPSA) is 67.3 Å². The molecule has 0 spiro atoms. The van der Waals surface area contributed by atoms with Crippen molar-refractivity contribution in [2.45, 2.75) is 50.3 Å². The highest BCUT2D eigenvalue weighted by atomic mass is 16.5. The zero-order chi connectivity index (χ0) is 12.6. The molecule has 5 nitrogen and oxygen atoms in total. The average Bonchev–Trinajstić information content (AvgIpc) is 2.70. The molecule has 2 aliphatic heterocycles. The van der Waals surface area contributed by atoms with E-state index in [0.29, 0.717) is 24.7 Å². The highest BCUT2D eigenvalue weighted by Gasteiger charge is 2.43. The van der Waals surface area contributed by atoms with E-state index in [1.54, 1.807) is 12.4 Å². The van der Waals surface area contributed by atoms with Gasteiger partial charge in [0.2, 0.25) is 0 Å². The first-order valence-corrected chi connectivity index (χ1v) is 6.63. The number of ether oxygens (including phenoxy) is 1. The lowest BCUT2D eigenvalue weighted by Gasteiger charge is -2.37. The first kappa shape index (κ1) is 11.9. The van der Waals surface area contributed by atoms with Crippen molar-refractivity contribution in [1.82, 2.24) is 15.3 Å². The minimum Gasteiger partial charge on any atom is -0.464 e. The summed E-state index contributed by atoms with van der Waals surface area (Å²) in [5.41, 5.74) is 0.0336. The first-order chi connectivity index (χ1) is 8.69. The maximum Gasteiger partial charge on any atom is 0.316 e. The predicted molar refractivity (Wildman–Crippen MR) is 66.3 cm³/mol. The Bertz CT molecular complexity index is 409. The number of piperidine rings is 1. The van der Waals surface area contributed by atoms with Crippen molar-refractivity contribution in [2.75, 3.05) is 6.61 Å². The number of rotatable bonds is 3. The van der Waals surface area contributed by atoms with Crippen molar-refractivity contribution in [1.29, 1.82) is 0 Å². The highest BCUT2D eigenvalue weighted by molar-refractivity contribution is 5.20. The lowest BCUT2D eigenvalue weighted by Crippen LogP contribution is -2.46. The van der Waals surface area contributed by atoms with Gasteiger partial charge < -0.3 is 15.2 Å². The molecule has 2 aliphatic rings. The average molecular weight is 249 g/mol. The van der Waals surface area contributed by atoms with Gasteiger partial charge in [-0.2, -0.15) is 0 Å². The summed E-state index contributed by atoms with van der Waals surface area (Å²) in [5, 5.41) is 14.3. The Morgan fingerprint density at radius 1 is 1.33 bits per heavy atom. The summed E-state index contributed by atoms with van der Waals surface area (Å²) in [6.45, 7) is 2.45. The van der Waals surface area contributed by atoms with Crippen molar-refractivity contribution in [3.05, 3.63) is 18.0 Å². The smallest absolute Gasteiger partial charge is 0.316 e. The molecule has 0 aromatic carbocycles. The Morgan fingerprint density at radius 2 is 1.94 bits per heavy atom. The molecule has 2 saturated heterocycles. The summed E-state index contributed by atoms with van der Waals surface area (Å²) in [6, 6.07) is 1.24. The maximum absolute atomic E-state index is 10.8. The van der Waals surface area contributed by atoms with Gasteiger partial charge >= 0.3 is 6.01 Å². The maximum atomic E-state index is 10.8. The van der Waals surface area contributed by atoms with E-state index in [-0.39, 0.29) is 0 Å². The van der Waals surface area contributed by atoms with Crippen LogP contribution in [0, 0.1) is 0 Å². The largest absolute Gasteiger partial charge is 0.464 e. The van der Waals surface area contributed by atoms with Gasteiger partial charge in [0, 0.05) is 30.0 Å². The van der Waals surface area contributed by atoms with E-state index in [4.69, 9.17) is 4.74 Å². The third kappa shape index (κ3) is 2.08. The van der Waals surface area contributed by atoms with Gasteiger partial charge in [-0.1, -0.05) is 0 Å². The molecule has 3 rings (SSSR count). The summed E-state index contributed by atoms with van der Waals surface area (Å²) in [5.74, 6) is 0. The van der Waals surface area contributed by atoms with Crippen molar-refractivity contribution in [3.8, 4) is 6.01 Å². The van der Waals surface area contributed by atoms with Gasteiger partial charge in [-0.15, -0.1) is 0 Å². The second-order valence-electron chi connectivity index (χ2n) is 5.27. The van der Waals surface area contributed by atoms with Crippen LogP contribution in [-0.2, 0) is 5.60 Å². The Kier molecular flexibility index (Phi) is 2.95. The summed E-state index contributed by atoms with van der Waals surface area (Å²) in [6.07, 6.45) is 7.21. The molecule has 2 unspecified atom stereocenters. The third-order valence-corrected chi connectivity index (χ3v) is 3.94. The van der Waals surface area contributed by atoms with Crippen LogP contribution in [0.4, 0.5) is 0 Å². The summed E-state index contributed by atoms with van der Waals surface area (Å²) >= 11 is 0. The number of aliphatic hydroxyl groups is 1. The Morgan fingerprint density at radius 3 is 2.50 bits per heavy atom. The van der Waals surface area contributed by atoms with Crippen LogP contribution in [0.15, 0.2) is 12.4 Å². The minimum absolute atomic E-state index is 0.377. The second kappa shape index (κ2) is 4.48. The fourth-order valence-corrected chi connectivity index (χ4v) is 3.12. The van der Waals surface area contributed by atoms with E-state index in [0.717, 1.165) is 31.2 Å². The second-order valence-corrected chi connectivity index (χ2v) is 5.27. The van der Waals surface area contributed by atoms with E-state index in [1.165, 1.54) is 0 Å². The molecule has 0 amide bonds. The van der Waals surface area contributed by atoms with Crippen LogP contribution in [0.1, 0.15) is 38.2 Å². The van der Waals surface area contributed by atoms with Crippen LogP contribution in [0.25, 0.3) is 0 Å². The summed E-state index contributed by atoms with van der Waals surface area (Å²) in [4.78, 5) is 8.29. The van der Waals surface area contributed by atoms with Crippen LogP contribution < -0.4 is 10.1 Å². The molecule has 1 aromatic rings. The number of nitrogens with one attached hydrogen (secondary N) is 1. The van der Waals surface area contributed by atoms with Crippen LogP contribution in [0.3, 0.4) is 0 Å². The van der Waals surface area contributed by atoms with Gasteiger partial charge in [0.1, 0.15) is 0 Å². The molecule has 2 fully saturated rings. The van der Waals surface area contributed by atoms with Crippen LogP contribution in [-0.4, -0.2) is 33.8 Å². The molecular weight excluding hydrogens is 230 g/mol. The number of hydrogen-bond acceptors (Lipinski definition) is 5. The summed E-state index contributed by atoms with van der Waals surface area (Å²) in [7, 11) is 0. The van der Waals surface area contributed by atoms with E-state index >= 15 is 0 Å². The quantitative estimate of drug-likeness (QED) is 0.835. The van der Waals surface area contributed by atoms with Gasteiger partial charge in [0.05, 0.1) is 12.2 Å². The van der Waals surface area contributed by atoms with E-state index in [9.17, 15) is 5.11 Å². The number of hydrogen-bond donors (Lipinski definition) is 2. The van der Waals surface area contributed by atoms with E-state index in [1.807, 2.05) is 6.92 Å². The van der Waals surface area contributed by atoms with E-state index < -0.39 is 5.60 Å². The molecule has 98 valence electrons. The normalized spacial score (nSPS) is 34.6. The van der Waals surface area contributed by atoms with Crippen LogP contribution in [0.5, 0.6) is 6.01 Å². The summed E-state index contributed by atoms with van der Waals surface area (Å²) < 4.78 is 5.22. The van der Waals surface area contributed by atoms with Gasteiger partial charge in [-0.25, -0.2) is 9.97 Å². The molecule has 5 heteroatoms. The number of fused-ring (bicyclic) bond motifs is 2. The fraction of sp³-hybridized carbons (Fsp3) is 0.692. The fourth-order valence-electron chi connectivity index (χ4n) is 3.12. The molecule has 3 heterocycles. The van der Waals surface area contributed by atoms with Gasteiger partial charge in [0.25, 0.3) is 0 Å². The lowest BCUT2D eigenvalue weighted by molar-refractivity contribution is -0.0121. The molecule has 0 saturated carbocycles. The SMILES string of the molecule is CCOc1ncc(C2(O)CC3CCC(C2)N3)cn1. The first-order valence-electron chi connectivity index (χ1n) is 6.63. The van der Waals surface area contributed by atoms with Crippen molar-refractivity contribution in [3.63, 3.8) is 0 Å². The van der Waals surface area contributed by atoms with Crippen LogP contribution >= 0.6 is 0 Å². The molecule has 2 atom stereocenters. The number of nitrogens with zero attached hydrogens (tertiary/aromatic N) is 2. The third-order valence-electron chi connectivity index (χ3n) is 3.94. The van der Waals surface area contributed by atoms with Crippen molar-refractivity contribution in [2.24, 2.45) is 0 Å². The molecule has 18 heavy (non-hydrogen) atoms. The van der Waals surface area contributed by atoms with Gasteiger partial charge in [-0.05, 0) is 32.6 Å². The lowest BCUT2D eigenvalue weighted by atomic mass is 9.83. The zero-order valence-corrected chi connectivity index (χ0v) is 10.6. The van der Waals surface area contributed by atoms with Crippen LogP contribution in [0.2, 0.25) is 0 Å². The highest BCUT2D eigenvalue weighted by Crippen LogP contribution is 2.40. The molecular formula is C13H19N3O2. The monoisotopic (exact) mass is 249 g/mol. The van der Waals surface area contributed by atoms with Gasteiger partial charge in [-0.3, -0.25) is 0 Å². The molecule has 0 radical (unpaired) electrons. The number of aromatic nitrogens is 2. The Balaban J connectivity index is 1.80. The molecule has 0 aliphatic carbocycles. The van der Waals surface area contributed by atoms with Crippen molar-refractivity contribution >= 4 is 0 Å². The Hall–Kier alpha value is -1.20. The Labute approximate surface area is 107 Å². The minimum atomic E-state index is -0.776. The molecule has 2 bridgehead atoms. The molecule has 2 N–H and O–H groups in total. The standard InChI is InChI=1S/C13H19N3O2/c1-2-18-12-14-7-9(8-15-12)13(17)5-10-3-4-11(6-13)16-10/h7-8,10-11,16-17H,2-6H2,1H3. The zero-order valence-electron chi connectivity index (χ0n) is 10.6. The van der Waals surface area contributed by atoms with E-state index in [2.05, 4.69) is 15.3 Å². The van der Waals surface area contributed by atoms with Crippen molar-refractivity contribution < 1.29 is 9.84 Å². The predicted octanol–water partition coefficient (Wildman–Crippen LogP) is 0.977.